The molecule has 0 amide bonds. The van der Waals surface area contributed by atoms with Crippen LogP contribution in [0.25, 0.3) is 0 Å². The van der Waals surface area contributed by atoms with Crippen molar-refractivity contribution in [3.05, 3.63) is 47.3 Å². The van der Waals surface area contributed by atoms with Gasteiger partial charge in [0.2, 0.25) is 0 Å². The van der Waals surface area contributed by atoms with Gasteiger partial charge in [-0.15, -0.1) is 0 Å². The fourth-order valence-electron chi connectivity index (χ4n) is 8.63. The van der Waals surface area contributed by atoms with Crippen molar-refractivity contribution in [1.29, 1.82) is 0 Å². The summed E-state index contributed by atoms with van der Waals surface area (Å²) < 4.78 is 26.8. The number of ketones is 2. The molecule has 3 unspecified atom stereocenters. The van der Waals surface area contributed by atoms with Crippen LogP contribution in [0.5, 0.6) is 0 Å². The summed E-state index contributed by atoms with van der Waals surface area (Å²) >= 11 is 0. The number of hydrogen-bond donors (Lipinski definition) is 1. The topological polar surface area (TPSA) is 72.8 Å². The Hall–Kier alpha value is -1.89. The van der Waals surface area contributed by atoms with Gasteiger partial charge in [0.1, 0.15) is 12.4 Å². The van der Waals surface area contributed by atoms with Crippen molar-refractivity contribution in [1.82, 2.24) is 0 Å². The summed E-state index contributed by atoms with van der Waals surface area (Å²) in [6.07, 6.45) is 7.51. The Morgan fingerprint density at radius 3 is 2.62 bits per heavy atom. The average Bonchev–Trinajstić information content (AvgIpc) is 3.26. The third-order valence-corrected chi connectivity index (χ3v) is 10.1. The summed E-state index contributed by atoms with van der Waals surface area (Å²) in [6, 6.07) is 6.03. The summed E-state index contributed by atoms with van der Waals surface area (Å²) in [6.45, 7) is 3.37. The number of Topliss-reactive ketones (excluding diaryl/α,β-unsaturated/α-hetero) is 1. The Labute approximate surface area is 199 Å². The number of allylic oxidation sites excluding steroid dienone is 1. The van der Waals surface area contributed by atoms with Gasteiger partial charge in [-0.25, -0.2) is 4.39 Å². The zero-order chi connectivity index (χ0) is 23.9. The predicted octanol–water partition coefficient (Wildman–Crippen LogP) is 4.47. The van der Waals surface area contributed by atoms with E-state index in [4.69, 9.17) is 9.47 Å². The quantitative estimate of drug-likeness (QED) is 0.709. The molecule has 0 aromatic heterocycles. The van der Waals surface area contributed by atoms with E-state index in [1.165, 1.54) is 17.7 Å². The van der Waals surface area contributed by atoms with Crippen LogP contribution in [0.15, 0.2) is 35.9 Å². The second-order valence-electron chi connectivity index (χ2n) is 11.5. The molecule has 8 atom stereocenters. The summed E-state index contributed by atoms with van der Waals surface area (Å²) in [5, 5.41) is 10.1. The molecule has 6 rings (SSSR count). The van der Waals surface area contributed by atoms with Crippen molar-refractivity contribution in [2.75, 3.05) is 6.61 Å². The number of carbonyl (C=O) groups is 2. The molecule has 1 aliphatic heterocycles. The standard InChI is InChI=1S/C28H33FO5/c1-26-12-11-21-20-10-8-19(31)13-16(20)3-9-22(21)23(26)14-25-28(26,24(32)15-30)34-27(2,33-25)17-4-6-18(29)7-5-17/h4-7,13,20-23,25,30H,3,8-12,14-15H2,1-2H3/t20-,21?,22?,23?,25+,26-,27-,28+/m0/s1. The summed E-state index contributed by atoms with van der Waals surface area (Å²) in [4.78, 5) is 25.5. The maximum absolute atomic E-state index is 13.6. The van der Waals surface area contributed by atoms with Gasteiger partial charge in [-0.2, -0.15) is 0 Å². The van der Waals surface area contributed by atoms with Gasteiger partial charge in [0.15, 0.2) is 23.0 Å². The van der Waals surface area contributed by atoms with Gasteiger partial charge in [0.05, 0.1) is 6.10 Å². The van der Waals surface area contributed by atoms with Gasteiger partial charge in [-0.1, -0.05) is 24.6 Å². The fraction of sp³-hybridized carbons (Fsp3) is 0.643. The third-order valence-electron chi connectivity index (χ3n) is 10.1. The molecule has 5 aliphatic rings. The lowest BCUT2D eigenvalue weighted by Crippen LogP contribution is -2.60. The minimum Gasteiger partial charge on any atom is -0.388 e. The number of aliphatic hydroxyl groups is 1. The van der Waals surface area contributed by atoms with Gasteiger partial charge in [0, 0.05) is 17.4 Å². The largest absolute Gasteiger partial charge is 0.388 e. The van der Waals surface area contributed by atoms with Crippen LogP contribution in [0.4, 0.5) is 4.39 Å². The molecule has 1 N–H and O–H groups in total. The predicted molar refractivity (Wildman–Crippen MR) is 122 cm³/mol. The second kappa shape index (κ2) is 7.55. The SMILES string of the molecule is C[C@]1(c2ccc(F)cc2)O[C@@H]2CC3C4CCC5=CC(=O)CC[C@@H]5C4CC[C@]3(C)[C@]2(C(=O)CO)O1. The summed E-state index contributed by atoms with van der Waals surface area (Å²) in [5.74, 6) is 0.122. The van der Waals surface area contributed by atoms with Crippen LogP contribution in [0.3, 0.4) is 0 Å². The molecule has 182 valence electrons. The van der Waals surface area contributed by atoms with Crippen molar-refractivity contribution >= 4 is 11.6 Å². The van der Waals surface area contributed by atoms with Crippen LogP contribution < -0.4 is 0 Å². The first-order valence-electron chi connectivity index (χ1n) is 12.7. The second-order valence-corrected chi connectivity index (χ2v) is 11.5. The number of fused-ring (bicyclic) bond motifs is 7. The van der Waals surface area contributed by atoms with Gasteiger partial charge in [0.25, 0.3) is 0 Å². The van der Waals surface area contributed by atoms with Crippen LogP contribution in [0, 0.1) is 34.9 Å². The number of aliphatic hydroxyl groups excluding tert-OH is 1. The highest BCUT2D eigenvalue weighted by molar-refractivity contribution is 5.92. The Bertz CT molecular complexity index is 1070. The van der Waals surface area contributed by atoms with Crippen molar-refractivity contribution in [2.45, 2.75) is 76.3 Å². The maximum atomic E-state index is 13.6. The monoisotopic (exact) mass is 468 g/mol. The van der Waals surface area contributed by atoms with Gasteiger partial charge >= 0.3 is 0 Å². The smallest absolute Gasteiger partial charge is 0.193 e. The molecule has 34 heavy (non-hydrogen) atoms. The highest BCUT2D eigenvalue weighted by atomic mass is 19.1. The van der Waals surface area contributed by atoms with Crippen LogP contribution >= 0.6 is 0 Å². The third kappa shape index (κ3) is 2.88. The minimum absolute atomic E-state index is 0.253. The Morgan fingerprint density at radius 1 is 1.12 bits per heavy atom. The normalized spacial score (nSPS) is 45.1. The van der Waals surface area contributed by atoms with E-state index in [0.29, 0.717) is 36.2 Å². The van der Waals surface area contributed by atoms with E-state index >= 15 is 0 Å². The summed E-state index contributed by atoms with van der Waals surface area (Å²) in [7, 11) is 0. The summed E-state index contributed by atoms with van der Waals surface area (Å²) in [5.41, 5.74) is 0.319. The first kappa shape index (κ1) is 22.6. The number of carbonyl (C=O) groups excluding carboxylic acids is 2. The van der Waals surface area contributed by atoms with E-state index in [1.807, 2.05) is 6.08 Å². The number of ether oxygens (including phenoxy) is 2. The van der Waals surface area contributed by atoms with Crippen molar-refractivity contribution in [2.24, 2.45) is 29.1 Å². The van der Waals surface area contributed by atoms with Gasteiger partial charge in [-0.05, 0) is 87.3 Å². The molecule has 4 fully saturated rings. The molecular weight excluding hydrogens is 435 g/mol. The van der Waals surface area contributed by atoms with E-state index in [9.17, 15) is 19.1 Å². The van der Waals surface area contributed by atoms with Crippen LogP contribution in [0.1, 0.15) is 64.4 Å². The Morgan fingerprint density at radius 2 is 1.88 bits per heavy atom. The molecule has 4 aliphatic carbocycles. The van der Waals surface area contributed by atoms with Crippen molar-refractivity contribution in [3.8, 4) is 0 Å². The average molecular weight is 469 g/mol. The maximum Gasteiger partial charge on any atom is 0.193 e. The molecule has 3 saturated carbocycles. The molecule has 1 saturated heterocycles. The molecule has 5 nitrogen and oxygen atoms in total. The first-order valence-corrected chi connectivity index (χ1v) is 12.7. The highest BCUT2D eigenvalue weighted by Crippen LogP contribution is 2.69. The van der Waals surface area contributed by atoms with E-state index in [2.05, 4.69) is 6.92 Å². The van der Waals surface area contributed by atoms with Gasteiger partial charge in [-0.3, -0.25) is 9.59 Å². The number of benzene rings is 1. The highest BCUT2D eigenvalue weighted by Gasteiger charge is 2.75. The minimum atomic E-state index is -1.22. The van der Waals surface area contributed by atoms with E-state index < -0.39 is 29.5 Å². The number of halogens is 1. The zero-order valence-electron chi connectivity index (χ0n) is 19.9. The fourth-order valence-corrected chi connectivity index (χ4v) is 8.63. The number of rotatable bonds is 3. The first-order chi connectivity index (χ1) is 16.2. The lowest BCUT2D eigenvalue weighted by Gasteiger charge is -2.55. The lowest BCUT2D eigenvalue weighted by atomic mass is 9.50. The molecule has 1 heterocycles. The molecule has 0 radical (unpaired) electrons. The van der Waals surface area contributed by atoms with E-state index in [-0.39, 0.29) is 23.3 Å². The molecule has 1 aromatic rings. The number of hydrogen-bond acceptors (Lipinski definition) is 5. The Kier molecular flexibility index (Phi) is 5.01. The van der Waals surface area contributed by atoms with Gasteiger partial charge < -0.3 is 14.6 Å². The van der Waals surface area contributed by atoms with Crippen molar-refractivity contribution in [3.63, 3.8) is 0 Å². The molecule has 0 spiro atoms. The van der Waals surface area contributed by atoms with E-state index in [1.54, 1.807) is 19.1 Å². The zero-order valence-corrected chi connectivity index (χ0v) is 19.9. The molecule has 0 bridgehead atoms. The lowest BCUT2D eigenvalue weighted by molar-refractivity contribution is -0.228. The van der Waals surface area contributed by atoms with Crippen LogP contribution in [0.2, 0.25) is 0 Å². The molecular formula is C28H33FO5. The van der Waals surface area contributed by atoms with Crippen molar-refractivity contribution < 1.29 is 28.6 Å². The van der Waals surface area contributed by atoms with Crippen LogP contribution in [-0.4, -0.2) is 35.0 Å². The molecule has 6 heteroatoms. The van der Waals surface area contributed by atoms with E-state index in [0.717, 1.165) is 32.1 Å². The van der Waals surface area contributed by atoms with Crippen LogP contribution in [-0.2, 0) is 24.8 Å². The molecule has 1 aromatic carbocycles. The Balaban J connectivity index is 1.37.